The van der Waals surface area contributed by atoms with Crippen molar-refractivity contribution < 1.29 is 9.53 Å². The summed E-state index contributed by atoms with van der Waals surface area (Å²) >= 11 is 0. The first-order valence-electron chi connectivity index (χ1n) is 6.50. The van der Waals surface area contributed by atoms with Crippen LogP contribution in [-0.2, 0) is 9.53 Å². The smallest absolute Gasteiger partial charge is 0.234 e. The van der Waals surface area contributed by atoms with Gasteiger partial charge in [-0.1, -0.05) is 30.3 Å². The van der Waals surface area contributed by atoms with E-state index < -0.39 is 0 Å². The van der Waals surface area contributed by atoms with E-state index in [1.165, 1.54) is 5.56 Å². The van der Waals surface area contributed by atoms with Crippen molar-refractivity contribution in [3.05, 3.63) is 35.9 Å². The standard InChI is InChI=1S/C14H18N2O2/c15-14(17)11-7-4-8-13-16(11)12(9-18-13)10-5-2-1-3-6-10/h1-3,5-6,11-13H,4,7-9H2,(H2,15,17)/t11-,12-,13-/m0/s1. The Morgan fingerprint density at radius 1 is 1.28 bits per heavy atom. The van der Waals surface area contributed by atoms with Crippen LogP contribution in [0.2, 0.25) is 0 Å². The van der Waals surface area contributed by atoms with Crippen molar-refractivity contribution in [3.63, 3.8) is 0 Å². The molecule has 0 bridgehead atoms. The third-order valence-electron chi connectivity index (χ3n) is 3.94. The van der Waals surface area contributed by atoms with Crippen molar-refractivity contribution in [1.29, 1.82) is 0 Å². The molecule has 0 saturated carbocycles. The monoisotopic (exact) mass is 246 g/mol. The Morgan fingerprint density at radius 2 is 2.06 bits per heavy atom. The van der Waals surface area contributed by atoms with Gasteiger partial charge >= 0.3 is 0 Å². The Morgan fingerprint density at radius 3 is 2.78 bits per heavy atom. The molecule has 1 aromatic rings. The number of ether oxygens (including phenoxy) is 1. The van der Waals surface area contributed by atoms with E-state index in [-0.39, 0.29) is 24.2 Å². The minimum atomic E-state index is -0.230. The van der Waals surface area contributed by atoms with Gasteiger partial charge < -0.3 is 10.5 Å². The van der Waals surface area contributed by atoms with Crippen LogP contribution in [0.1, 0.15) is 30.9 Å². The lowest BCUT2D eigenvalue weighted by atomic mass is 9.96. The van der Waals surface area contributed by atoms with Crippen LogP contribution in [0, 0.1) is 0 Å². The molecule has 18 heavy (non-hydrogen) atoms. The molecule has 2 N–H and O–H groups in total. The van der Waals surface area contributed by atoms with Crippen molar-refractivity contribution >= 4 is 5.91 Å². The summed E-state index contributed by atoms with van der Waals surface area (Å²) in [4.78, 5) is 13.8. The fourth-order valence-corrected chi connectivity index (χ4v) is 3.09. The molecule has 0 aromatic heterocycles. The van der Waals surface area contributed by atoms with Crippen molar-refractivity contribution in [2.75, 3.05) is 6.61 Å². The average Bonchev–Trinajstić information content (AvgIpc) is 2.83. The second kappa shape index (κ2) is 4.71. The molecule has 4 heteroatoms. The van der Waals surface area contributed by atoms with Crippen LogP contribution in [0.15, 0.2) is 30.3 Å². The number of amides is 1. The van der Waals surface area contributed by atoms with Gasteiger partial charge in [0.25, 0.3) is 0 Å². The molecule has 0 aliphatic carbocycles. The molecule has 2 fully saturated rings. The molecule has 1 aromatic carbocycles. The van der Waals surface area contributed by atoms with Crippen LogP contribution in [0.3, 0.4) is 0 Å². The van der Waals surface area contributed by atoms with E-state index in [1.54, 1.807) is 0 Å². The molecule has 3 rings (SSSR count). The zero-order valence-corrected chi connectivity index (χ0v) is 10.3. The SMILES string of the molecule is NC(=O)[C@@H]1CCC[C@@H]2OC[C@@H](c3ccccc3)N21. The predicted molar refractivity (Wildman–Crippen MR) is 67.6 cm³/mol. The fourth-order valence-electron chi connectivity index (χ4n) is 3.09. The molecular weight excluding hydrogens is 228 g/mol. The minimum absolute atomic E-state index is 0.0569. The fraction of sp³-hybridized carbons (Fsp3) is 0.500. The van der Waals surface area contributed by atoms with Gasteiger partial charge in [0.1, 0.15) is 6.23 Å². The first-order valence-corrected chi connectivity index (χ1v) is 6.50. The minimum Gasteiger partial charge on any atom is -0.368 e. The highest BCUT2D eigenvalue weighted by Crippen LogP contribution is 2.38. The van der Waals surface area contributed by atoms with Gasteiger partial charge in [0.15, 0.2) is 0 Å². The molecular formula is C14H18N2O2. The lowest BCUT2D eigenvalue weighted by Gasteiger charge is -2.37. The maximum atomic E-state index is 11.6. The molecule has 2 heterocycles. The molecule has 4 nitrogen and oxygen atoms in total. The van der Waals surface area contributed by atoms with Gasteiger partial charge in [-0.3, -0.25) is 9.69 Å². The van der Waals surface area contributed by atoms with Gasteiger partial charge in [-0.25, -0.2) is 0 Å². The molecule has 0 unspecified atom stereocenters. The summed E-state index contributed by atoms with van der Waals surface area (Å²) < 4.78 is 5.82. The number of carbonyl (C=O) groups excluding carboxylic acids is 1. The molecule has 1 amide bonds. The molecule has 2 aliphatic heterocycles. The predicted octanol–water partition coefficient (Wildman–Crippen LogP) is 1.42. The van der Waals surface area contributed by atoms with Crippen LogP contribution in [-0.4, -0.2) is 29.7 Å². The Bertz CT molecular complexity index is 435. The van der Waals surface area contributed by atoms with Crippen LogP contribution < -0.4 is 5.73 Å². The molecule has 0 spiro atoms. The first kappa shape index (κ1) is 11.7. The van der Waals surface area contributed by atoms with E-state index in [0.717, 1.165) is 19.3 Å². The summed E-state index contributed by atoms with van der Waals surface area (Å²) in [5.41, 5.74) is 6.73. The summed E-state index contributed by atoms with van der Waals surface area (Å²) in [6.07, 6.45) is 2.91. The van der Waals surface area contributed by atoms with Crippen molar-refractivity contribution in [3.8, 4) is 0 Å². The topological polar surface area (TPSA) is 55.6 Å². The third-order valence-corrected chi connectivity index (χ3v) is 3.94. The summed E-state index contributed by atoms with van der Waals surface area (Å²) in [6.45, 7) is 0.651. The number of carbonyl (C=O) groups is 1. The van der Waals surface area contributed by atoms with E-state index in [9.17, 15) is 4.79 Å². The number of benzene rings is 1. The van der Waals surface area contributed by atoms with E-state index >= 15 is 0 Å². The van der Waals surface area contributed by atoms with Crippen molar-refractivity contribution in [2.24, 2.45) is 5.73 Å². The number of rotatable bonds is 2. The lowest BCUT2D eigenvalue weighted by Crippen LogP contribution is -2.50. The molecule has 96 valence electrons. The number of piperidine rings is 1. The van der Waals surface area contributed by atoms with Gasteiger partial charge in [0.05, 0.1) is 18.7 Å². The Kier molecular flexibility index (Phi) is 3.06. The van der Waals surface area contributed by atoms with Gasteiger partial charge in [-0.2, -0.15) is 0 Å². The summed E-state index contributed by atoms with van der Waals surface area (Å²) in [5.74, 6) is -0.230. The largest absolute Gasteiger partial charge is 0.368 e. The summed E-state index contributed by atoms with van der Waals surface area (Å²) in [5, 5.41) is 0. The maximum absolute atomic E-state index is 11.6. The summed E-state index contributed by atoms with van der Waals surface area (Å²) in [6, 6.07) is 10.2. The zero-order chi connectivity index (χ0) is 12.5. The van der Waals surface area contributed by atoms with Crippen molar-refractivity contribution in [1.82, 2.24) is 4.90 Å². The van der Waals surface area contributed by atoms with Gasteiger partial charge in [-0.05, 0) is 24.8 Å². The molecule has 3 atom stereocenters. The van der Waals surface area contributed by atoms with Crippen LogP contribution in [0.4, 0.5) is 0 Å². The zero-order valence-electron chi connectivity index (χ0n) is 10.3. The highest BCUT2D eigenvalue weighted by molar-refractivity contribution is 5.80. The highest BCUT2D eigenvalue weighted by Gasteiger charge is 2.43. The van der Waals surface area contributed by atoms with Gasteiger partial charge in [-0.15, -0.1) is 0 Å². The molecule has 2 aliphatic rings. The van der Waals surface area contributed by atoms with Crippen LogP contribution >= 0.6 is 0 Å². The van der Waals surface area contributed by atoms with Gasteiger partial charge in [0, 0.05) is 0 Å². The second-order valence-electron chi connectivity index (χ2n) is 5.01. The number of nitrogens with zero attached hydrogens (tertiary/aromatic N) is 1. The normalized spacial score (nSPS) is 32.1. The van der Waals surface area contributed by atoms with E-state index in [4.69, 9.17) is 10.5 Å². The van der Waals surface area contributed by atoms with Crippen molar-refractivity contribution in [2.45, 2.75) is 37.6 Å². The van der Waals surface area contributed by atoms with E-state index in [0.29, 0.717) is 6.61 Å². The van der Waals surface area contributed by atoms with Gasteiger partial charge in [0.2, 0.25) is 5.91 Å². The maximum Gasteiger partial charge on any atom is 0.234 e. The quantitative estimate of drug-likeness (QED) is 0.858. The second-order valence-corrected chi connectivity index (χ2v) is 5.01. The highest BCUT2D eigenvalue weighted by atomic mass is 16.5. The lowest BCUT2D eigenvalue weighted by molar-refractivity contribution is -0.129. The van der Waals surface area contributed by atoms with E-state index in [1.807, 2.05) is 18.2 Å². The Labute approximate surface area is 107 Å². The Hall–Kier alpha value is -1.39. The number of primary amides is 1. The van der Waals surface area contributed by atoms with Crippen LogP contribution in [0.25, 0.3) is 0 Å². The number of hydrogen-bond donors (Lipinski definition) is 1. The van der Waals surface area contributed by atoms with Crippen LogP contribution in [0.5, 0.6) is 0 Å². The molecule has 0 radical (unpaired) electrons. The number of hydrogen-bond acceptors (Lipinski definition) is 3. The number of nitrogens with two attached hydrogens (primary N) is 1. The molecule has 2 saturated heterocycles. The Balaban J connectivity index is 1.90. The third kappa shape index (κ3) is 1.91. The number of fused-ring (bicyclic) bond motifs is 1. The van der Waals surface area contributed by atoms with E-state index in [2.05, 4.69) is 17.0 Å². The first-order chi connectivity index (χ1) is 8.77. The summed E-state index contributed by atoms with van der Waals surface area (Å²) in [7, 11) is 0. The average molecular weight is 246 g/mol.